The molecule has 2 aromatic heterocycles. The van der Waals surface area contributed by atoms with Crippen molar-refractivity contribution in [1.82, 2.24) is 14.1 Å². The average Bonchev–Trinajstić information content (AvgIpc) is 2.72. The molecule has 1 unspecified atom stereocenters. The lowest BCUT2D eigenvalue weighted by Gasteiger charge is -2.15. The summed E-state index contributed by atoms with van der Waals surface area (Å²) < 4.78 is 28.9. The van der Waals surface area contributed by atoms with Crippen LogP contribution in [0.25, 0.3) is 4.96 Å². The predicted molar refractivity (Wildman–Crippen MR) is 76.7 cm³/mol. The smallest absolute Gasteiger partial charge is 0.260 e. The molecule has 0 aliphatic carbocycles. The number of rotatable bonds is 5. The Morgan fingerprint density at radius 2 is 2.16 bits per heavy atom. The standard InChI is InChI=1S/C11H18N4O2S2/c1-7(2)6-8(3)14-19(16,17)10-9(12)13-11-15(10)4-5-18-11/h4-5,7-8,14H,6,12H2,1-3H3. The Morgan fingerprint density at radius 3 is 2.79 bits per heavy atom. The van der Waals surface area contributed by atoms with Crippen LogP contribution in [-0.2, 0) is 10.0 Å². The van der Waals surface area contributed by atoms with Crippen LogP contribution < -0.4 is 10.5 Å². The zero-order valence-corrected chi connectivity index (χ0v) is 12.8. The monoisotopic (exact) mass is 302 g/mol. The first-order valence-electron chi connectivity index (χ1n) is 6.04. The first-order valence-corrected chi connectivity index (χ1v) is 8.41. The molecule has 19 heavy (non-hydrogen) atoms. The van der Waals surface area contributed by atoms with Gasteiger partial charge in [0, 0.05) is 17.6 Å². The Bertz CT molecular complexity index is 672. The lowest BCUT2D eigenvalue weighted by molar-refractivity contribution is 0.481. The number of hydrogen-bond donors (Lipinski definition) is 2. The zero-order chi connectivity index (χ0) is 14.2. The number of fused-ring (bicyclic) bond motifs is 1. The number of nitrogens with one attached hydrogen (secondary N) is 1. The highest BCUT2D eigenvalue weighted by atomic mass is 32.2. The van der Waals surface area contributed by atoms with Gasteiger partial charge in [0.15, 0.2) is 15.8 Å². The van der Waals surface area contributed by atoms with E-state index in [1.165, 1.54) is 15.7 Å². The molecule has 0 saturated heterocycles. The van der Waals surface area contributed by atoms with E-state index < -0.39 is 10.0 Å². The maximum absolute atomic E-state index is 12.4. The SMILES string of the molecule is CC(C)CC(C)NS(=O)(=O)c1c(N)nc2sccn12. The van der Waals surface area contributed by atoms with E-state index in [1.54, 1.807) is 11.6 Å². The minimum atomic E-state index is -3.66. The molecule has 0 radical (unpaired) electrons. The number of sulfonamides is 1. The van der Waals surface area contributed by atoms with Crippen LogP contribution in [0.4, 0.5) is 5.82 Å². The van der Waals surface area contributed by atoms with Gasteiger partial charge in [-0.25, -0.2) is 18.1 Å². The molecule has 0 amide bonds. The van der Waals surface area contributed by atoms with Gasteiger partial charge in [-0.3, -0.25) is 4.40 Å². The summed E-state index contributed by atoms with van der Waals surface area (Å²) in [6.45, 7) is 5.95. The average molecular weight is 302 g/mol. The highest BCUT2D eigenvalue weighted by Gasteiger charge is 2.26. The van der Waals surface area contributed by atoms with Crippen molar-refractivity contribution >= 4 is 32.1 Å². The van der Waals surface area contributed by atoms with Crippen LogP contribution >= 0.6 is 11.3 Å². The van der Waals surface area contributed by atoms with E-state index in [-0.39, 0.29) is 16.9 Å². The van der Waals surface area contributed by atoms with Gasteiger partial charge in [-0.2, -0.15) is 0 Å². The second-order valence-electron chi connectivity index (χ2n) is 5.01. The third-order valence-corrected chi connectivity index (χ3v) is 5.06. The van der Waals surface area contributed by atoms with Gasteiger partial charge in [-0.05, 0) is 19.3 Å². The van der Waals surface area contributed by atoms with E-state index in [0.717, 1.165) is 6.42 Å². The van der Waals surface area contributed by atoms with Gasteiger partial charge in [-0.15, -0.1) is 11.3 Å². The molecule has 106 valence electrons. The van der Waals surface area contributed by atoms with Gasteiger partial charge >= 0.3 is 0 Å². The topological polar surface area (TPSA) is 89.5 Å². The number of imidazole rings is 1. The van der Waals surface area contributed by atoms with Crippen LogP contribution in [0.1, 0.15) is 27.2 Å². The molecule has 8 heteroatoms. The second-order valence-corrected chi connectivity index (χ2v) is 7.51. The number of nitrogens with two attached hydrogens (primary N) is 1. The lowest BCUT2D eigenvalue weighted by atomic mass is 10.1. The molecule has 1 atom stereocenters. The number of nitrogen functional groups attached to an aromatic ring is 1. The fourth-order valence-electron chi connectivity index (χ4n) is 2.12. The summed E-state index contributed by atoms with van der Waals surface area (Å²) in [7, 11) is -3.66. The predicted octanol–water partition coefficient (Wildman–Crippen LogP) is 1.69. The molecule has 0 fully saturated rings. The summed E-state index contributed by atoms with van der Waals surface area (Å²) in [4.78, 5) is 4.63. The molecule has 0 bridgehead atoms. The minimum absolute atomic E-state index is 0.0272. The molecule has 0 aliphatic rings. The Morgan fingerprint density at radius 1 is 1.47 bits per heavy atom. The van der Waals surface area contributed by atoms with Crippen molar-refractivity contribution in [2.45, 2.75) is 38.3 Å². The molecule has 2 heterocycles. The maximum Gasteiger partial charge on any atom is 0.260 e. The van der Waals surface area contributed by atoms with E-state index >= 15 is 0 Å². The largest absolute Gasteiger partial charge is 0.381 e. The summed E-state index contributed by atoms with van der Waals surface area (Å²) >= 11 is 1.35. The molecule has 0 aromatic carbocycles. The summed E-state index contributed by atoms with van der Waals surface area (Å²) in [5.74, 6) is 0.456. The van der Waals surface area contributed by atoms with E-state index in [2.05, 4.69) is 23.6 Å². The second kappa shape index (κ2) is 5.10. The van der Waals surface area contributed by atoms with E-state index in [1.807, 2.05) is 6.92 Å². The van der Waals surface area contributed by atoms with Gasteiger partial charge in [0.2, 0.25) is 0 Å². The third-order valence-electron chi connectivity index (χ3n) is 2.68. The first-order chi connectivity index (χ1) is 8.81. The molecular formula is C11H18N4O2S2. The van der Waals surface area contributed by atoms with Crippen LogP contribution in [0.15, 0.2) is 16.6 Å². The third kappa shape index (κ3) is 2.90. The molecule has 0 spiro atoms. The molecule has 6 nitrogen and oxygen atoms in total. The van der Waals surface area contributed by atoms with Crippen molar-refractivity contribution in [2.75, 3.05) is 5.73 Å². The van der Waals surface area contributed by atoms with Crippen molar-refractivity contribution in [3.8, 4) is 0 Å². The Kier molecular flexibility index (Phi) is 3.84. The number of aromatic nitrogens is 2. The molecule has 2 rings (SSSR count). The molecule has 2 aromatic rings. The van der Waals surface area contributed by atoms with Gasteiger partial charge < -0.3 is 5.73 Å². The van der Waals surface area contributed by atoms with Crippen LogP contribution in [-0.4, -0.2) is 23.8 Å². The Hall–Kier alpha value is -1.12. The van der Waals surface area contributed by atoms with Crippen LogP contribution in [0.5, 0.6) is 0 Å². The number of anilines is 1. The molecule has 0 aliphatic heterocycles. The van der Waals surface area contributed by atoms with Gasteiger partial charge in [0.25, 0.3) is 10.0 Å². The van der Waals surface area contributed by atoms with E-state index in [9.17, 15) is 8.42 Å². The van der Waals surface area contributed by atoms with Crippen LogP contribution in [0.2, 0.25) is 0 Å². The van der Waals surface area contributed by atoms with Crippen molar-refractivity contribution in [2.24, 2.45) is 5.92 Å². The zero-order valence-electron chi connectivity index (χ0n) is 11.1. The van der Waals surface area contributed by atoms with Crippen molar-refractivity contribution < 1.29 is 8.42 Å². The highest BCUT2D eigenvalue weighted by molar-refractivity contribution is 7.89. The number of thiazole rings is 1. The molecule has 0 saturated carbocycles. The molecule has 3 N–H and O–H groups in total. The minimum Gasteiger partial charge on any atom is -0.381 e. The fourth-order valence-corrected chi connectivity index (χ4v) is 4.37. The van der Waals surface area contributed by atoms with Crippen molar-refractivity contribution in [3.63, 3.8) is 0 Å². The van der Waals surface area contributed by atoms with Gasteiger partial charge in [-0.1, -0.05) is 13.8 Å². The van der Waals surface area contributed by atoms with Crippen molar-refractivity contribution in [3.05, 3.63) is 11.6 Å². The van der Waals surface area contributed by atoms with E-state index in [0.29, 0.717) is 10.9 Å². The molecular weight excluding hydrogens is 284 g/mol. The quantitative estimate of drug-likeness (QED) is 0.879. The fraction of sp³-hybridized carbons (Fsp3) is 0.545. The summed E-state index contributed by atoms with van der Waals surface area (Å²) in [6.07, 6.45) is 2.43. The normalized spacial score (nSPS) is 14.3. The van der Waals surface area contributed by atoms with E-state index in [4.69, 9.17) is 5.73 Å². The van der Waals surface area contributed by atoms with Crippen LogP contribution in [0, 0.1) is 5.92 Å². The summed E-state index contributed by atoms with van der Waals surface area (Å²) in [6, 6.07) is -0.145. The van der Waals surface area contributed by atoms with Gasteiger partial charge in [0.05, 0.1) is 0 Å². The number of nitrogens with zero attached hydrogens (tertiary/aromatic N) is 2. The van der Waals surface area contributed by atoms with Gasteiger partial charge in [0.1, 0.15) is 0 Å². The Balaban J connectivity index is 2.34. The summed E-state index contributed by atoms with van der Waals surface area (Å²) in [5.41, 5.74) is 5.72. The first kappa shape index (κ1) is 14.3. The maximum atomic E-state index is 12.4. The number of hydrogen-bond acceptors (Lipinski definition) is 5. The summed E-state index contributed by atoms with van der Waals surface area (Å²) in [5, 5.41) is 1.80. The highest BCUT2D eigenvalue weighted by Crippen LogP contribution is 2.23. The lowest BCUT2D eigenvalue weighted by Crippen LogP contribution is -2.34. The van der Waals surface area contributed by atoms with Crippen LogP contribution in [0.3, 0.4) is 0 Å². The Labute approximate surface area is 116 Å². The van der Waals surface area contributed by atoms with Crippen molar-refractivity contribution in [1.29, 1.82) is 0 Å².